The minimum absolute atomic E-state index is 0.000731. The summed E-state index contributed by atoms with van der Waals surface area (Å²) in [5, 5.41) is 3.12. The average Bonchev–Trinajstić information content (AvgIpc) is 2.90. The van der Waals surface area contributed by atoms with Gasteiger partial charge in [-0.25, -0.2) is 4.79 Å². The second-order valence-electron chi connectivity index (χ2n) is 10.1. The number of carbonyl (C=O) groups is 2. The molecule has 7 heteroatoms. The van der Waals surface area contributed by atoms with Crippen LogP contribution in [0.3, 0.4) is 0 Å². The first-order chi connectivity index (χ1) is 17.4. The molecule has 0 spiro atoms. The number of aryl methyl sites for hydroxylation is 1. The SMILES string of the molecule is CC[C@H]1CN(C(=O)N2CCC(C(=O)NCCCN(C)Cc3ccccc3)CC2)c2cc(C)ccc2O1. The molecule has 2 aromatic rings. The van der Waals surface area contributed by atoms with E-state index in [1.54, 1.807) is 0 Å². The Morgan fingerprint density at radius 1 is 1.11 bits per heavy atom. The van der Waals surface area contributed by atoms with Crippen LogP contribution in [0.25, 0.3) is 0 Å². The summed E-state index contributed by atoms with van der Waals surface area (Å²) in [6.45, 7) is 8.40. The number of amides is 3. The van der Waals surface area contributed by atoms with E-state index in [9.17, 15) is 9.59 Å². The van der Waals surface area contributed by atoms with E-state index in [0.29, 0.717) is 39.0 Å². The molecule has 0 bridgehead atoms. The summed E-state index contributed by atoms with van der Waals surface area (Å²) in [6, 6.07) is 16.4. The number of urea groups is 1. The molecule has 0 radical (unpaired) electrons. The minimum Gasteiger partial charge on any atom is -0.486 e. The van der Waals surface area contributed by atoms with E-state index in [0.717, 1.165) is 42.9 Å². The summed E-state index contributed by atoms with van der Waals surface area (Å²) in [6.07, 6.45) is 3.17. The fourth-order valence-corrected chi connectivity index (χ4v) is 5.03. The Morgan fingerprint density at radius 3 is 2.58 bits per heavy atom. The summed E-state index contributed by atoms with van der Waals surface area (Å²) in [5.41, 5.74) is 3.25. The van der Waals surface area contributed by atoms with E-state index in [1.165, 1.54) is 5.56 Å². The molecule has 2 aliphatic rings. The van der Waals surface area contributed by atoms with Gasteiger partial charge in [0.2, 0.25) is 5.91 Å². The number of likely N-dealkylation sites (tertiary alicyclic amines) is 1. The molecule has 1 atom stereocenters. The van der Waals surface area contributed by atoms with Gasteiger partial charge in [-0.05, 0) is 69.5 Å². The molecule has 194 valence electrons. The maximum absolute atomic E-state index is 13.5. The lowest BCUT2D eigenvalue weighted by molar-refractivity contribution is -0.126. The fraction of sp³-hybridized carbons (Fsp3) is 0.517. The van der Waals surface area contributed by atoms with Crippen molar-refractivity contribution >= 4 is 17.6 Å². The third kappa shape index (κ3) is 6.58. The first-order valence-electron chi connectivity index (χ1n) is 13.3. The number of anilines is 1. The predicted octanol–water partition coefficient (Wildman–Crippen LogP) is 4.44. The number of ether oxygens (including phenoxy) is 1. The van der Waals surface area contributed by atoms with Gasteiger partial charge in [-0.1, -0.05) is 43.3 Å². The summed E-state index contributed by atoms with van der Waals surface area (Å²) in [7, 11) is 2.11. The number of nitrogens with one attached hydrogen (secondary N) is 1. The van der Waals surface area contributed by atoms with Crippen molar-refractivity contribution in [2.75, 3.05) is 44.7 Å². The molecule has 7 nitrogen and oxygen atoms in total. The zero-order chi connectivity index (χ0) is 25.5. The topological polar surface area (TPSA) is 65.1 Å². The second kappa shape index (κ2) is 12.3. The van der Waals surface area contributed by atoms with Gasteiger partial charge in [0.05, 0.1) is 12.2 Å². The van der Waals surface area contributed by atoms with Crippen molar-refractivity contribution in [1.82, 2.24) is 15.1 Å². The fourth-order valence-electron chi connectivity index (χ4n) is 5.03. The Bertz CT molecular complexity index is 1020. The van der Waals surface area contributed by atoms with Crippen LogP contribution in [0.4, 0.5) is 10.5 Å². The van der Waals surface area contributed by atoms with Crippen LogP contribution in [-0.4, -0.2) is 67.6 Å². The second-order valence-corrected chi connectivity index (χ2v) is 10.1. The lowest BCUT2D eigenvalue weighted by Gasteiger charge is -2.39. The molecule has 2 aliphatic heterocycles. The molecule has 0 aliphatic carbocycles. The number of benzene rings is 2. The van der Waals surface area contributed by atoms with Crippen LogP contribution in [0.2, 0.25) is 0 Å². The van der Waals surface area contributed by atoms with Gasteiger partial charge < -0.3 is 19.9 Å². The number of hydrogen-bond donors (Lipinski definition) is 1. The maximum atomic E-state index is 13.5. The Morgan fingerprint density at radius 2 is 1.86 bits per heavy atom. The summed E-state index contributed by atoms with van der Waals surface area (Å²) < 4.78 is 6.08. The van der Waals surface area contributed by atoms with Gasteiger partial charge in [-0.15, -0.1) is 0 Å². The average molecular weight is 493 g/mol. The van der Waals surface area contributed by atoms with Crippen LogP contribution in [-0.2, 0) is 11.3 Å². The van der Waals surface area contributed by atoms with E-state index in [1.807, 2.05) is 41.0 Å². The number of fused-ring (bicyclic) bond motifs is 1. The normalized spacial score (nSPS) is 18.1. The first kappa shape index (κ1) is 26.0. The molecule has 4 rings (SSSR count). The Labute approximate surface area is 215 Å². The van der Waals surface area contributed by atoms with Gasteiger partial charge >= 0.3 is 6.03 Å². The van der Waals surface area contributed by atoms with Crippen molar-refractivity contribution < 1.29 is 14.3 Å². The minimum atomic E-state index is -0.0290. The van der Waals surface area contributed by atoms with Gasteiger partial charge in [-0.3, -0.25) is 9.69 Å². The van der Waals surface area contributed by atoms with Crippen molar-refractivity contribution in [2.24, 2.45) is 5.92 Å². The molecule has 2 aromatic carbocycles. The van der Waals surface area contributed by atoms with Crippen molar-refractivity contribution in [1.29, 1.82) is 0 Å². The molecule has 3 amide bonds. The lowest BCUT2D eigenvalue weighted by Crippen LogP contribution is -2.52. The van der Waals surface area contributed by atoms with E-state index >= 15 is 0 Å². The molecule has 2 heterocycles. The quantitative estimate of drug-likeness (QED) is 0.554. The molecule has 1 fully saturated rings. The van der Waals surface area contributed by atoms with Gasteiger partial charge in [0.15, 0.2) is 0 Å². The molecule has 0 saturated carbocycles. The zero-order valence-corrected chi connectivity index (χ0v) is 21.9. The first-order valence-corrected chi connectivity index (χ1v) is 13.3. The lowest BCUT2D eigenvalue weighted by atomic mass is 9.96. The standard InChI is InChI=1S/C29H40N4O3/c1-4-25-21-33(26-19-22(2)11-12-27(26)36-25)29(35)32-17-13-24(14-18-32)28(34)30-15-8-16-31(3)20-23-9-6-5-7-10-23/h5-7,9-12,19,24-25H,4,8,13-18,20-21H2,1-3H3,(H,30,34)/t25-/m0/s1. The Kier molecular flexibility index (Phi) is 8.86. The van der Waals surface area contributed by atoms with Crippen LogP contribution in [0.5, 0.6) is 5.75 Å². The molecular formula is C29H40N4O3. The number of piperidine rings is 1. The molecule has 1 N–H and O–H groups in total. The summed E-state index contributed by atoms with van der Waals surface area (Å²) in [4.78, 5) is 32.2. The van der Waals surface area contributed by atoms with Gasteiger partial charge in [0, 0.05) is 32.1 Å². The molecule has 0 aromatic heterocycles. The van der Waals surface area contributed by atoms with Crippen molar-refractivity contribution in [2.45, 2.75) is 52.2 Å². The smallest absolute Gasteiger partial charge is 0.324 e. The van der Waals surface area contributed by atoms with Crippen LogP contribution in [0, 0.1) is 12.8 Å². The van der Waals surface area contributed by atoms with Crippen LogP contribution in [0.1, 0.15) is 43.7 Å². The van der Waals surface area contributed by atoms with Gasteiger partial charge in [-0.2, -0.15) is 0 Å². The maximum Gasteiger partial charge on any atom is 0.324 e. The van der Waals surface area contributed by atoms with Crippen LogP contribution < -0.4 is 15.0 Å². The van der Waals surface area contributed by atoms with Crippen molar-refractivity contribution in [3.8, 4) is 5.75 Å². The number of nitrogens with zero attached hydrogens (tertiary/aromatic N) is 3. The summed E-state index contributed by atoms with van der Waals surface area (Å²) in [5.74, 6) is 0.862. The van der Waals surface area contributed by atoms with E-state index in [2.05, 4.69) is 48.5 Å². The Balaban J connectivity index is 1.21. The monoisotopic (exact) mass is 492 g/mol. The highest BCUT2D eigenvalue weighted by Gasteiger charge is 2.34. The third-order valence-corrected chi connectivity index (χ3v) is 7.22. The highest BCUT2D eigenvalue weighted by atomic mass is 16.5. The molecule has 1 saturated heterocycles. The molecule has 0 unspecified atom stereocenters. The van der Waals surface area contributed by atoms with E-state index < -0.39 is 0 Å². The number of carbonyl (C=O) groups excluding carboxylic acids is 2. The van der Waals surface area contributed by atoms with Crippen LogP contribution >= 0.6 is 0 Å². The summed E-state index contributed by atoms with van der Waals surface area (Å²) >= 11 is 0. The van der Waals surface area contributed by atoms with E-state index in [4.69, 9.17) is 4.74 Å². The van der Waals surface area contributed by atoms with Crippen LogP contribution in [0.15, 0.2) is 48.5 Å². The van der Waals surface area contributed by atoms with Crippen molar-refractivity contribution in [3.05, 3.63) is 59.7 Å². The number of rotatable bonds is 8. The highest BCUT2D eigenvalue weighted by molar-refractivity contribution is 5.94. The van der Waals surface area contributed by atoms with E-state index in [-0.39, 0.29) is 24.0 Å². The number of hydrogen-bond acceptors (Lipinski definition) is 4. The van der Waals surface area contributed by atoms with Crippen molar-refractivity contribution in [3.63, 3.8) is 0 Å². The van der Waals surface area contributed by atoms with Gasteiger partial charge in [0.1, 0.15) is 11.9 Å². The predicted molar refractivity (Wildman–Crippen MR) is 143 cm³/mol. The van der Waals surface area contributed by atoms with Gasteiger partial charge in [0.25, 0.3) is 0 Å². The zero-order valence-electron chi connectivity index (χ0n) is 21.9. The molecule has 36 heavy (non-hydrogen) atoms. The Hall–Kier alpha value is -3.06. The highest BCUT2D eigenvalue weighted by Crippen LogP contribution is 2.36. The third-order valence-electron chi connectivity index (χ3n) is 7.22. The largest absolute Gasteiger partial charge is 0.486 e. The molecular weight excluding hydrogens is 452 g/mol.